The molecule has 232 valence electrons. The number of hydrogen-bond acceptors (Lipinski definition) is 8. The van der Waals surface area contributed by atoms with E-state index in [1.807, 2.05) is 30.9 Å². The van der Waals surface area contributed by atoms with Crippen molar-refractivity contribution in [2.45, 2.75) is 64.7 Å². The number of H-pyrrole nitrogens is 1. The van der Waals surface area contributed by atoms with Gasteiger partial charge in [0, 0.05) is 41.6 Å². The van der Waals surface area contributed by atoms with Crippen LogP contribution in [-0.4, -0.2) is 99.3 Å². The molecule has 0 aliphatic carbocycles. The molecule has 0 bridgehead atoms. The maximum Gasteiger partial charge on any atom is 0.314 e. The van der Waals surface area contributed by atoms with Crippen LogP contribution < -0.4 is 5.32 Å². The number of hydrogen-bond donors (Lipinski definition) is 3. The lowest BCUT2D eigenvalue weighted by Gasteiger charge is -2.47. The highest BCUT2D eigenvalue weighted by atomic mass is 35.5. The van der Waals surface area contributed by atoms with Crippen molar-refractivity contribution in [3.05, 3.63) is 35.6 Å². The number of aromatic nitrogens is 2. The number of esters is 1. The number of benzene rings is 1. The fourth-order valence-electron chi connectivity index (χ4n) is 6.12. The number of aliphatic hydroxyl groups is 1. The zero-order chi connectivity index (χ0) is 31.2. The van der Waals surface area contributed by atoms with E-state index in [-0.39, 0.29) is 44.4 Å². The quantitative estimate of drug-likeness (QED) is 0.343. The smallest absolute Gasteiger partial charge is 0.314 e. The highest BCUT2D eigenvalue weighted by molar-refractivity contribution is 6.33. The van der Waals surface area contributed by atoms with Gasteiger partial charge in [0.1, 0.15) is 6.04 Å². The number of amides is 2. The zero-order valence-corrected chi connectivity index (χ0v) is 26.1. The molecule has 2 aliphatic rings. The van der Waals surface area contributed by atoms with Crippen molar-refractivity contribution in [1.82, 2.24) is 19.8 Å². The molecule has 5 rings (SSSR count). The minimum absolute atomic E-state index is 0.00753. The highest BCUT2D eigenvalue weighted by Crippen LogP contribution is 2.40. The van der Waals surface area contributed by atoms with Crippen LogP contribution in [0.15, 0.2) is 30.6 Å². The molecule has 43 heavy (non-hydrogen) atoms. The zero-order valence-electron chi connectivity index (χ0n) is 25.3. The summed E-state index contributed by atoms with van der Waals surface area (Å²) < 4.78 is 11.2. The number of nitrogens with zero attached hydrogens (tertiary/aromatic N) is 3. The number of piperidine rings is 1. The van der Waals surface area contributed by atoms with E-state index in [1.165, 1.54) is 0 Å². The fourth-order valence-corrected chi connectivity index (χ4v) is 6.34. The molecule has 1 unspecified atom stereocenters. The van der Waals surface area contributed by atoms with Crippen molar-refractivity contribution in [2.24, 2.45) is 5.41 Å². The fraction of sp³-hybridized carbons (Fsp3) is 0.548. The van der Waals surface area contributed by atoms with Gasteiger partial charge in [-0.2, -0.15) is 0 Å². The Balaban J connectivity index is 1.30. The van der Waals surface area contributed by atoms with Gasteiger partial charge in [-0.3, -0.25) is 24.3 Å². The Kier molecular flexibility index (Phi) is 8.47. The Morgan fingerprint density at radius 3 is 2.65 bits per heavy atom. The number of pyridine rings is 1. The predicted octanol–water partition coefficient (Wildman–Crippen LogP) is 3.73. The molecule has 1 aromatic carbocycles. The van der Waals surface area contributed by atoms with Gasteiger partial charge in [0.05, 0.1) is 59.3 Å². The van der Waals surface area contributed by atoms with E-state index in [0.29, 0.717) is 30.3 Å². The van der Waals surface area contributed by atoms with Gasteiger partial charge in [0.25, 0.3) is 0 Å². The molecule has 4 heterocycles. The summed E-state index contributed by atoms with van der Waals surface area (Å²) in [6.45, 7) is 10.2. The number of halogens is 1. The first-order valence-corrected chi connectivity index (χ1v) is 15.0. The summed E-state index contributed by atoms with van der Waals surface area (Å²) in [6, 6.07) is 4.71. The average Bonchev–Trinajstić information content (AvgIpc) is 3.31. The highest BCUT2D eigenvalue weighted by Gasteiger charge is 2.51. The summed E-state index contributed by atoms with van der Waals surface area (Å²) in [6.07, 6.45) is 3.91. The molecular weight excluding hydrogens is 574 g/mol. The summed E-state index contributed by atoms with van der Waals surface area (Å²) in [5.74, 6) is -0.921. The standard InChI is InChI=1S/C31H40ClN5O6/c1-6-42-28(40)30(4,5)31(41)8-11-36(12-9-31)25(38)16-37-18-29(2,3)43-17-24(37)27(39)35-22-14-19(32)13-21-20-7-10-33-15-23(20)34-26(21)22/h7,10,13-15,24,34,41H,6,8-9,11-12,16-18H2,1-5H3,(H,35,39). The van der Waals surface area contributed by atoms with Crippen LogP contribution in [0.4, 0.5) is 5.69 Å². The lowest BCUT2D eigenvalue weighted by atomic mass is 9.69. The molecule has 11 nitrogen and oxygen atoms in total. The van der Waals surface area contributed by atoms with Crippen molar-refractivity contribution in [3.63, 3.8) is 0 Å². The number of aromatic amines is 1. The third kappa shape index (κ3) is 6.08. The first-order valence-electron chi connectivity index (χ1n) is 14.7. The number of rotatable bonds is 7. The molecule has 0 spiro atoms. The molecular formula is C31H40ClN5O6. The van der Waals surface area contributed by atoms with Crippen LogP contribution in [0, 0.1) is 5.41 Å². The van der Waals surface area contributed by atoms with E-state index in [9.17, 15) is 19.5 Å². The van der Waals surface area contributed by atoms with Gasteiger partial charge in [-0.25, -0.2) is 0 Å². The number of carbonyl (C=O) groups is 3. The van der Waals surface area contributed by atoms with Crippen molar-refractivity contribution >= 4 is 56.9 Å². The Morgan fingerprint density at radius 1 is 1.23 bits per heavy atom. The van der Waals surface area contributed by atoms with E-state index in [2.05, 4.69) is 15.3 Å². The van der Waals surface area contributed by atoms with Gasteiger partial charge in [0.15, 0.2) is 0 Å². The summed E-state index contributed by atoms with van der Waals surface area (Å²) >= 11 is 6.44. The minimum atomic E-state index is -1.29. The van der Waals surface area contributed by atoms with Crippen LogP contribution >= 0.6 is 11.6 Å². The second-order valence-electron chi connectivity index (χ2n) is 12.7. The summed E-state index contributed by atoms with van der Waals surface area (Å²) in [5, 5.41) is 16.6. The molecule has 3 aromatic rings. The van der Waals surface area contributed by atoms with E-state index >= 15 is 0 Å². The molecule has 3 N–H and O–H groups in total. The molecule has 12 heteroatoms. The number of likely N-dealkylation sites (tertiary alicyclic amines) is 1. The number of carbonyl (C=O) groups excluding carboxylic acids is 3. The molecule has 2 aliphatic heterocycles. The number of morpholine rings is 1. The molecule has 0 radical (unpaired) electrons. The number of anilines is 1. The Labute approximate surface area is 255 Å². The third-order valence-electron chi connectivity index (χ3n) is 8.92. The lowest BCUT2D eigenvalue weighted by molar-refractivity contribution is -0.178. The van der Waals surface area contributed by atoms with Gasteiger partial charge in [-0.1, -0.05) is 11.6 Å². The molecule has 0 saturated carbocycles. The van der Waals surface area contributed by atoms with E-state index in [0.717, 1.165) is 21.8 Å². The van der Waals surface area contributed by atoms with Crippen molar-refractivity contribution in [1.29, 1.82) is 0 Å². The molecule has 2 saturated heterocycles. The van der Waals surface area contributed by atoms with Gasteiger partial charge in [-0.15, -0.1) is 0 Å². The lowest BCUT2D eigenvalue weighted by Crippen LogP contribution is -2.61. The van der Waals surface area contributed by atoms with Gasteiger partial charge in [0.2, 0.25) is 11.8 Å². The second kappa shape index (κ2) is 11.7. The van der Waals surface area contributed by atoms with Gasteiger partial charge < -0.3 is 29.8 Å². The van der Waals surface area contributed by atoms with Crippen LogP contribution in [0.2, 0.25) is 5.02 Å². The van der Waals surface area contributed by atoms with Crippen LogP contribution in [0.25, 0.3) is 21.8 Å². The molecule has 2 aromatic heterocycles. The molecule has 2 fully saturated rings. The summed E-state index contributed by atoms with van der Waals surface area (Å²) in [7, 11) is 0. The van der Waals surface area contributed by atoms with E-state index in [4.69, 9.17) is 21.1 Å². The van der Waals surface area contributed by atoms with E-state index < -0.39 is 28.6 Å². The second-order valence-corrected chi connectivity index (χ2v) is 13.1. The van der Waals surface area contributed by atoms with Crippen molar-refractivity contribution in [3.8, 4) is 0 Å². The molecule has 1 atom stereocenters. The Hall–Kier alpha value is -3.25. The summed E-state index contributed by atoms with van der Waals surface area (Å²) in [4.78, 5) is 50.8. The van der Waals surface area contributed by atoms with Crippen LogP contribution in [-0.2, 0) is 23.9 Å². The predicted molar refractivity (Wildman–Crippen MR) is 164 cm³/mol. The topological polar surface area (TPSA) is 137 Å². The Morgan fingerprint density at radius 2 is 1.95 bits per heavy atom. The summed E-state index contributed by atoms with van der Waals surface area (Å²) in [5.41, 5.74) is -0.879. The van der Waals surface area contributed by atoms with Gasteiger partial charge >= 0.3 is 5.97 Å². The monoisotopic (exact) mass is 613 g/mol. The van der Waals surface area contributed by atoms with Crippen molar-refractivity contribution in [2.75, 3.05) is 44.7 Å². The maximum atomic E-state index is 13.7. The SMILES string of the molecule is CCOC(=O)C(C)(C)C1(O)CCN(C(=O)CN2CC(C)(C)OCC2C(=O)Nc2cc(Cl)cc3c2[nH]c2cnccc23)CC1. The average molecular weight is 614 g/mol. The Bertz CT molecular complexity index is 1540. The largest absolute Gasteiger partial charge is 0.465 e. The van der Waals surface area contributed by atoms with Crippen molar-refractivity contribution < 1.29 is 29.0 Å². The molecule has 2 amide bonds. The van der Waals surface area contributed by atoms with Gasteiger partial charge in [-0.05, 0) is 65.7 Å². The third-order valence-corrected chi connectivity index (χ3v) is 9.14. The van der Waals surface area contributed by atoms with E-state index in [1.54, 1.807) is 44.1 Å². The maximum absolute atomic E-state index is 13.7. The first-order chi connectivity index (χ1) is 20.2. The normalized spacial score (nSPS) is 20.7. The number of nitrogens with one attached hydrogen (secondary N) is 2. The first kappa shape index (κ1) is 31.2. The number of fused-ring (bicyclic) bond motifs is 3. The van der Waals surface area contributed by atoms with Crippen LogP contribution in [0.5, 0.6) is 0 Å². The minimum Gasteiger partial charge on any atom is -0.465 e. The number of ether oxygens (including phenoxy) is 2. The van der Waals surface area contributed by atoms with Crippen LogP contribution in [0.1, 0.15) is 47.5 Å². The van der Waals surface area contributed by atoms with Crippen LogP contribution in [0.3, 0.4) is 0 Å².